The molecule has 0 N–H and O–H groups in total. The summed E-state index contributed by atoms with van der Waals surface area (Å²) in [6, 6.07) is 0. The van der Waals surface area contributed by atoms with E-state index in [2.05, 4.69) is 20.0 Å². The number of carbonyl (C=O) groups is 1. The Morgan fingerprint density at radius 2 is 1.88 bits per heavy atom. The molecule has 0 bridgehead atoms. The van der Waals surface area contributed by atoms with Crippen molar-refractivity contribution in [2.24, 2.45) is 34.5 Å². The van der Waals surface area contributed by atoms with E-state index in [0.29, 0.717) is 17.3 Å². The third-order valence-corrected chi connectivity index (χ3v) is 8.40. The van der Waals surface area contributed by atoms with Crippen molar-refractivity contribution < 1.29 is 9.53 Å². The number of nitrogens with zero attached hydrogens (tertiary/aromatic N) is 2. The molecule has 4 heteroatoms. The summed E-state index contributed by atoms with van der Waals surface area (Å²) in [6.45, 7) is 8.29. The number of likely N-dealkylation sites (tertiary alicyclic amines) is 1. The van der Waals surface area contributed by atoms with E-state index in [4.69, 9.17) is 4.74 Å². The molecule has 1 heterocycles. The lowest BCUT2D eigenvalue weighted by molar-refractivity contribution is -0.158. The molecular formula is C20H30N2O2. The molecule has 1 saturated heterocycles. The number of ether oxygens (including phenoxy) is 1. The van der Waals surface area contributed by atoms with Gasteiger partial charge in [-0.3, -0.25) is 4.79 Å². The number of nitriles is 1. The van der Waals surface area contributed by atoms with Gasteiger partial charge in [0.25, 0.3) is 0 Å². The maximum atomic E-state index is 11.5. The minimum Gasteiger partial charge on any atom is -0.462 e. The van der Waals surface area contributed by atoms with Gasteiger partial charge in [0.2, 0.25) is 0 Å². The van der Waals surface area contributed by atoms with Crippen molar-refractivity contribution in [3.63, 3.8) is 0 Å². The maximum Gasteiger partial charge on any atom is 0.302 e. The number of fused-ring (bicyclic) bond motifs is 5. The molecule has 4 rings (SSSR count). The molecule has 0 aromatic heterocycles. The van der Waals surface area contributed by atoms with Crippen molar-refractivity contribution in [1.29, 1.82) is 5.26 Å². The molecule has 4 fully saturated rings. The summed E-state index contributed by atoms with van der Waals surface area (Å²) in [4.78, 5) is 13.5. The van der Waals surface area contributed by atoms with Gasteiger partial charge in [-0.25, -0.2) is 0 Å². The van der Waals surface area contributed by atoms with Crippen LogP contribution in [-0.2, 0) is 9.53 Å². The standard InChI is InChI=1S/C20H30N2O2/c1-13(23)24-18-7-6-16-15-5-4-14-10-22(12-21)11-20(14,3)17(15)8-9-19(16,18)2/h14-18H,4-11H2,1-3H3/t14-,15-,16-,17-,18-,19-,20-/m0/s1. The lowest BCUT2D eigenvalue weighted by atomic mass is 9.48. The van der Waals surface area contributed by atoms with Crippen LogP contribution in [0.3, 0.4) is 0 Å². The summed E-state index contributed by atoms with van der Waals surface area (Å²) >= 11 is 0. The fraction of sp³-hybridized carbons (Fsp3) is 0.900. The van der Waals surface area contributed by atoms with Gasteiger partial charge in [-0.05, 0) is 67.6 Å². The highest BCUT2D eigenvalue weighted by Crippen LogP contribution is 2.65. The van der Waals surface area contributed by atoms with Crippen molar-refractivity contribution in [2.75, 3.05) is 13.1 Å². The molecule has 0 radical (unpaired) electrons. The number of carbonyl (C=O) groups excluding carboxylic acids is 1. The molecule has 24 heavy (non-hydrogen) atoms. The van der Waals surface area contributed by atoms with Gasteiger partial charge in [-0.15, -0.1) is 0 Å². The molecule has 4 aliphatic rings. The second-order valence-electron chi connectivity index (χ2n) is 9.36. The summed E-state index contributed by atoms with van der Waals surface area (Å²) in [6.07, 6.45) is 9.74. The Hall–Kier alpha value is -1.24. The van der Waals surface area contributed by atoms with Gasteiger partial charge in [0.1, 0.15) is 6.10 Å². The fourth-order valence-electron chi connectivity index (χ4n) is 7.25. The molecule has 3 saturated carbocycles. The number of hydrogen-bond donors (Lipinski definition) is 0. The molecule has 0 amide bonds. The van der Waals surface area contributed by atoms with E-state index in [9.17, 15) is 10.1 Å². The molecule has 7 atom stereocenters. The van der Waals surface area contributed by atoms with Crippen LogP contribution in [0.4, 0.5) is 0 Å². The minimum absolute atomic E-state index is 0.116. The van der Waals surface area contributed by atoms with Gasteiger partial charge >= 0.3 is 5.97 Å². The van der Waals surface area contributed by atoms with Crippen LogP contribution in [0, 0.1) is 46.0 Å². The van der Waals surface area contributed by atoms with Crippen LogP contribution < -0.4 is 0 Å². The van der Waals surface area contributed by atoms with Crippen molar-refractivity contribution in [1.82, 2.24) is 4.90 Å². The lowest BCUT2D eigenvalue weighted by Gasteiger charge is -2.56. The number of rotatable bonds is 1. The molecule has 4 nitrogen and oxygen atoms in total. The summed E-state index contributed by atoms with van der Waals surface area (Å²) < 4.78 is 5.72. The van der Waals surface area contributed by atoms with Crippen molar-refractivity contribution in [2.45, 2.75) is 65.4 Å². The first-order chi connectivity index (χ1) is 11.4. The second kappa shape index (κ2) is 5.38. The van der Waals surface area contributed by atoms with E-state index < -0.39 is 0 Å². The highest BCUT2D eigenvalue weighted by atomic mass is 16.5. The zero-order valence-electron chi connectivity index (χ0n) is 15.3. The fourth-order valence-corrected chi connectivity index (χ4v) is 7.25. The Labute approximate surface area is 145 Å². The maximum absolute atomic E-state index is 11.5. The summed E-state index contributed by atoms with van der Waals surface area (Å²) in [7, 11) is 0. The predicted octanol–water partition coefficient (Wildman–Crippen LogP) is 3.57. The molecule has 0 aromatic carbocycles. The highest BCUT2D eigenvalue weighted by Gasteiger charge is 2.62. The average Bonchev–Trinajstić information content (AvgIpc) is 3.04. The Morgan fingerprint density at radius 1 is 1.12 bits per heavy atom. The van der Waals surface area contributed by atoms with E-state index in [1.54, 1.807) is 6.92 Å². The van der Waals surface area contributed by atoms with Gasteiger partial charge in [0, 0.05) is 25.4 Å². The van der Waals surface area contributed by atoms with Gasteiger partial charge in [-0.2, -0.15) is 5.26 Å². The second-order valence-corrected chi connectivity index (χ2v) is 9.36. The van der Waals surface area contributed by atoms with Crippen LogP contribution in [-0.4, -0.2) is 30.1 Å². The Kier molecular flexibility index (Phi) is 3.64. The average molecular weight is 330 g/mol. The summed E-state index contributed by atoms with van der Waals surface area (Å²) in [5.74, 6) is 2.75. The Morgan fingerprint density at radius 3 is 2.58 bits per heavy atom. The highest BCUT2D eigenvalue weighted by molar-refractivity contribution is 5.66. The Balaban J connectivity index is 1.59. The minimum atomic E-state index is -0.125. The first kappa shape index (κ1) is 16.2. The van der Waals surface area contributed by atoms with Gasteiger partial charge in [0.15, 0.2) is 6.19 Å². The monoisotopic (exact) mass is 330 g/mol. The quantitative estimate of drug-likeness (QED) is 0.545. The molecule has 3 aliphatic carbocycles. The van der Waals surface area contributed by atoms with Gasteiger partial charge < -0.3 is 9.64 Å². The molecule has 0 spiro atoms. The topological polar surface area (TPSA) is 53.3 Å². The SMILES string of the molecule is CC(=O)O[C@H]1CC[C@H]2[C@@H]3CC[C@H]4CN(C#N)C[C@]4(C)[C@H]3CC[C@]12C. The van der Waals surface area contributed by atoms with Crippen molar-refractivity contribution in [3.05, 3.63) is 0 Å². The molecule has 1 aliphatic heterocycles. The van der Waals surface area contributed by atoms with Crippen LogP contribution in [0.15, 0.2) is 0 Å². The van der Waals surface area contributed by atoms with Crippen molar-refractivity contribution in [3.8, 4) is 6.19 Å². The molecule has 132 valence electrons. The van der Waals surface area contributed by atoms with Crippen LogP contribution in [0.1, 0.15) is 59.3 Å². The third-order valence-electron chi connectivity index (χ3n) is 8.40. The largest absolute Gasteiger partial charge is 0.462 e. The lowest BCUT2D eigenvalue weighted by Crippen LogP contribution is -2.52. The van der Waals surface area contributed by atoms with Crippen LogP contribution in [0.5, 0.6) is 0 Å². The van der Waals surface area contributed by atoms with E-state index >= 15 is 0 Å². The van der Waals surface area contributed by atoms with Gasteiger partial charge in [-0.1, -0.05) is 13.8 Å². The van der Waals surface area contributed by atoms with E-state index in [1.807, 2.05) is 4.90 Å². The van der Waals surface area contributed by atoms with E-state index in [-0.39, 0.29) is 17.5 Å². The molecule has 0 unspecified atom stereocenters. The zero-order chi connectivity index (χ0) is 17.1. The summed E-state index contributed by atoms with van der Waals surface area (Å²) in [5, 5.41) is 9.36. The van der Waals surface area contributed by atoms with Gasteiger partial charge in [0.05, 0.1) is 0 Å². The van der Waals surface area contributed by atoms with E-state index in [0.717, 1.165) is 31.3 Å². The third kappa shape index (κ3) is 2.13. The van der Waals surface area contributed by atoms with Crippen LogP contribution in [0.2, 0.25) is 0 Å². The van der Waals surface area contributed by atoms with Crippen molar-refractivity contribution >= 4 is 5.97 Å². The normalized spacial score (nSPS) is 49.8. The first-order valence-corrected chi connectivity index (χ1v) is 9.70. The number of esters is 1. The zero-order valence-corrected chi connectivity index (χ0v) is 15.3. The molecular weight excluding hydrogens is 300 g/mol. The smallest absolute Gasteiger partial charge is 0.302 e. The number of hydrogen-bond acceptors (Lipinski definition) is 4. The first-order valence-electron chi connectivity index (χ1n) is 9.70. The van der Waals surface area contributed by atoms with Crippen LogP contribution in [0.25, 0.3) is 0 Å². The molecule has 0 aromatic rings. The summed E-state index contributed by atoms with van der Waals surface area (Å²) in [5.41, 5.74) is 0.475. The van der Waals surface area contributed by atoms with E-state index in [1.165, 1.54) is 32.1 Å². The van der Waals surface area contributed by atoms with Crippen LogP contribution >= 0.6 is 0 Å². The predicted molar refractivity (Wildman–Crippen MR) is 90.6 cm³/mol. The Bertz CT molecular complexity index is 585.